The molecule has 0 spiro atoms. The van der Waals surface area contributed by atoms with E-state index in [1.54, 1.807) is 18.3 Å². The zero-order valence-electron chi connectivity index (χ0n) is 14.5. The molecule has 0 fully saturated rings. The Balaban J connectivity index is 2.29. The lowest BCUT2D eigenvalue weighted by molar-refractivity contribution is -0.384. The molecule has 0 saturated carbocycles. The van der Waals surface area contributed by atoms with Crippen LogP contribution in [0.1, 0.15) is 26.3 Å². The molecule has 2 N–H and O–H groups in total. The van der Waals surface area contributed by atoms with Crippen LogP contribution in [0, 0.1) is 10.1 Å². The van der Waals surface area contributed by atoms with Crippen LogP contribution in [-0.2, 0) is 0 Å². The molecule has 1 aromatic carbocycles. The van der Waals surface area contributed by atoms with Crippen molar-refractivity contribution in [3.8, 4) is 11.1 Å². The summed E-state index contributed by atoms with van der Waals surface area (Å²) in [6.45, 7) is 5.46. The van der Waals surface area contributed by atoms with E-state index >= 15 is 0 Å². The molecular weight excluding hydrogens is 336 g/mol. The molecule has 3 rings (SSSR count). The van der Waals surface area contributed by atoms with Gasteiger partial charge in [-0.25, -0.2) is 9.50 Å². The van der Waals surface area contributed by atoms with E-state index in [-0.39, 0.29) is 11.5 Å². The second-order valence-electron chi connectivity index (χ2n) is 6.75. The van der Waals surface area contributed by atoms with Gasteiger partial charge in [-0.05, 0) is 44.4 Å². The molecule has 0 bridgehead atoms. The van der Waals surface area contributed by atoms with Crippen LogP contribution in [0.3, 0.4) is 0 Å². The molecule has 0 saturated heterocycles. The Hall–Kier alpha value is -3.49. The van der Waals surface area contributed by atoms with Gasteiger partial charge < -0.3 is 10.8 Å². The van der Waals surface area contributed by atoms with E-state index in [2.05, 4.69) is 15.1 Å². The van der Waals surface area contributed by atoms with E-state index in [1.807, 2.05) is 20.8 Å². The molecule has 0 unspecified atom stereocenters. The molecular formula is C17H17N6O3-. The van der Waals surface area contributed by atoms with Crippen molar-refractivity contribution in [1.29, 1.82) is 0 Å². The second-order valence-corrected chi connectivity index (χ2v) is 6.75. The largest absolute Gasteiger partial charge is 0.858 e. The van der Waals surface area contributed by atoms with E-state index in [9.17, 15) is 15.2 Å². The van der Waals surface area contributed by atoms with Gasteiger partial charge in [-0.2, -0.15) is 5.10 Å². The summed E-state index contributed by atoms with van der Waals surface area (Å²) in [7, 11) is 0. The summed E-state index contributed by atoms with van der Waals surface area (Å²) in [5, 5.41) is 27.7. The van der Waals surface area contributed by atoms with Gasteiger partial charge in [0.2, 0.25) is 0 Å². The van der Waals surface area contributed by atoms with E-state index in [0.717, 1.165) is 0 Å². The maximum atomic E-state index is 12.7. The third-order valence-electron chi connectivity index (χ3n) is 3.64. The van der Waals surface area contributed by atoms with Crippen LogP contribution in [0.25, 0.3) is 16.6 Å². The van der Waals surface area contributed by atoms with Gasteiger partial charge in [0.1, 0.15) is 11.8 Å². The molecule has 0 atom stereocenters. The third-order valence-corrected chi connectivity index (χ3v) is 3.64. The molecule has 0 aliphatic heterocycles. The molecule has 2 aromatic heterocycles. The summed E-state index contributed by atoms with van der Waals surface area (Å²) in [6.07, 6.45) is 2.83. The smallest absolute Gasteiger partial charge is 0.269 e. The number of fused-ring (bicyclic) bond motifs is 1. The van der Waals surface area contributed by atoms with Crippen molar-refractivity contribution in [2.45, 2.75) is 26.3 Å². The van der Waals surface area contributed by atoms with Gasteiger partial charge in [-0.1, -0.05) is 0 Å². The fraction of sp³-hybridized carbons (Fsp3) is 0.235. The van der Waals surface area contributed by atoms with Gasteiger partial charge in [-0.15, -0.1) is 0 Å². The summed E-state index contributed by atoms with van der Waals surface area (Å²) in [5.74, 6) is -0.223. The minimum Gasteiger partial charge on any atom is -0.858 e. The van der Waals surface area contributed by atoms with Crippen LogP contribution in [-0.4, -0.2) is 31.0 Å². The van der Waals surface area contributed by atoms with Crippen molar-refractivity contribution in [3.05, 3.63) is 52.5 Å². The van der Waals surface area contributed by atoms with Gasteiger partial charge in [0.15, 0.2) is 5.82 Å². The fourth-order valence-electron chi connectivity index (χ4n) is 2.60. The highest BCUT2D eigenvalue weighted by Crippen LogP contribution is 2.33. The molecule has 2 heterocycles. The minimum atomic E-state index is -0.560. The predicted octanol–water partition coefficient (Wildman–Crippen LogP) is 1.79. The van der Waals surface area contributed by atoms with Crippen LogP contribution in [0.2, 0.25) is 0 Å². The van der Waals surface area contributed by atoms with Crippen LogP contribution in [0.5, 0.6) is 0 Å². The number of non-ortho nitro benzene ring substituents is 1. The molecule has 134 valence electrons. The SMILES string of the molecule is CC(C)(C)N=C([O-])c1cn2ncnc(N)c2c1-c1ccc([N+](=O)[O-])cc1. The first kappa shape index (κ1) is 17.3. The third kappa shape index (κ3) is 3.18. The van der Waals surface area contributed by atoms with Gasteiger partial charge in [-0.3, -0.25) is 15.1 Å². The zero-order valence-corrected chi connectivity index (χ0v) is 14.5. The van der Waals surface area contributed by atoms with Gasteiger partial charge in [0.05, 0.1) is 10.5 Å². The van der Waals surface area contributed by atoms with Crippen LogP contribution in [0.15, 0.2) is 41.8 Å². The number of nitrogens with zero attached hydrogens (tertiary/aromatic N) is 5. The highest BCUT2D eigenvalue weighted by molar-refractivity contribution is 6.05. The molecule has 0 aliphatic carbocycles. The Morgan fingerprint density at radius 1 is 1.27 bits per heavy atom. The Kier molecular flexibility index (Phi) is 4.07. The Morgan fingerprint density at radius 3 is 2.50 bits per heavy atom. The monoisotopic (exact) mass is 353 g/mol. The van der Waals surface area contributed by atoms with Crippen LogP contribution >= 0.6 is 0 Å². The molecule has 9 nitrogen and oxygen atoms in total. The number of rotatable bonds is 3. The van der Waals surface area contributed by atoms with E-state index < -0.39 is 16.4 Å². The molecule has 26 heavy (non-hydrogen) atoms. The lowest BCUT2D eigenvalue weighted by Gasteiger charge is -2.19. The number of hydrogen-bond acceptors (Lipinski definition) is 7. The molecule has 9 heteroatoms. The van der Waals surface area contributed by atoms with Crippen molar-refractivity contribution in [2.24, 2.45) is 4.99 Å². The maximum absolute atomic E-state index is 12.7. The summed E-state index contributed by atoms with van der Waals surface area (Å²) in [4.78, 5) is 18.6. The first-order valence-corrected chi connectivity index (χ1v) is 7.81. The maximum Gasteiger partial charge on any atom is 0.269 e. The quantitative estimate of drug-likeness (QED) is 0.330. The normalized spacial score (nSPS) is 12.5. The predicted molar refractivity (Wildman–Crippen MR) is 95.8 cm³/mol. The summed E-state index contributed by atoms with van der Waals surface area (Å²) in [6, 6.07) is 5.86. The zero-order chi connectivity index (χ0) is 19.1. The van der Waals surface area contributed by atoms with Crippen molar-refractivity contribution in [3.63, 3.8) is 0 Å². The molecule has 0 amide bonds. The number of nitro benzene ring substituents is 1. The molecule has 0 aliphatic rings. The second kappa shape index (κ2) is 6.10. The molecule has 0 radical (unpaired) electrons. The van der Waals surface area contributed by atoms with Crippen molar-refractivity contribution in [1.82, 2.24) is 14.6 Å². The number of aliphatic imine (C=N–C) groups is 1. The van der Waals surface area contributed by atoms with Gasteiger partial charge in [0, 0.05) is 29.5 Å². The number of hydrogen-bond donors (Lipinski definition) is 1. The van der Waals surface area contributed by atoms with Gasteiger partial charge >= 0.3 is 0 Å². The van der Waals surface area contributed by atoms with E-state index in [4.69, 9.17) is 5.73 Å². The van der Waals surface area contributed by atoms with Gasteiger partial charge in [0.25, 0.3) is 5.69 Å². The number of nitrogens with two attached hydrogens (primary N) is 1. The lowest BCUT2D eigenvalue weighted by Crippen LogP contribution is -2.25. The summed E-state index contributed by atoms with van der Waals surface area (Å²) >= 11 is 0. The van der Waals surface area contributed by atoms with Crippen LogP contribution in [0.4, 0.5) is 11.5 Å². The first-order valence-electron chi connectivity index (χ1n) is 7.81. The average molecular weight is 353 g/mol. The first-order chi connectivity index (χ1) is 12.2. The minimum absolute atomic E-state index is 0.0475. The molecule has 3 aromatic rings. The highest BCUT2D eigenvalue weighted by Gasteiger charge is 2.19. The van der Waals surface area contributed by atoms with Crippen LogP contribution < -0.4 is 10.8 Å². The van der Waals surface area contributed by atoms with Crippen molar-refractivity contribution in [2.75, 3.05) is 5.73 Å². The van der Waals surface area contributed by atoms with Crippen molar-refractivity contribution < 1.29 is 10.0 Å². The number of anilines is 1. The lowest BCUT2D eigenvalue weighted by atomic mass is 10.0. The number of aromatic nitrogens is 3. The summed E-state index contributed by atoms with van der Waals surface area (Å²) < 4.78 is 1.46. The Labute approximate surface area is 149 Å². The van der Waals surface area contributed by atoms with E-state index in [0.29, 0.717) is 22.2 Å². The average Bonchev–Trinajstić information content (AvgIpc) is 2.94. The standard InChI is InChI=1S/C17H18N6O3/c1-17(2,3)21-16(24)12-8-22-14(15(18)19-9-20-22)13(12)10-4-6-11(7-5-10)23(25)26/h4-9H,1-3H3,(H,21,24)(H2,18,19,20)/p-1. The van der Waals surface area contributed by atoms with Crippen molar-refractivity contribution >= 4 is 22.9 Å². The number of benzene rings is 1. The number of nitro groups is 1. The topological polar surface area (TPSA) is 135 Å². The number of nitrogen functional groups attached to an aromatic ring is 1. The fourth-order valence-corrected chi connectivity index (χ4v) is 2.60. The highest BCUT2D eigenvalue weighted by atomic mass is 16.6. The Morgan fingerprint density at radius 2 is 1.92 bits per heavy atom. The Bertz CT molecular complexity index is 1020. The summed E-state index contributed by atoms with van der Waals surface area (Å²) in [5.41, 5.74) is 7.23. The van der Waals surface area contributed by atoms with E-state index in [1.165, 1.54) is 23.0 Å².